The van der Waals surface area contributed by atoms with E-state index in [9.17, 15) is 9.59 Å². The number of amides is 2. The molecule has 2 amide bonds. The molecule has 0 aliphatic carbocycles. The zero-order valence-electron chi connectivity index (χ0n) is 18.9. The Bertz CT molecular complexity index is 1090. The minimum Gasteiger partial charge on any atom is -0.490 e. The van der Waals surface area contributed by atoms with Crippen molar-refractivity contribution in [3.8, 4) is 5.75 Å². The summed E-state index contributed by atoms with van der Waals surface area (Å²) in [5, 5.41) is 3.03. The van der Waals surface area contributed by atoms with E-state index < -0.39 is 0 Å². The zero-order valence-corrected chi connectivity index (χ0v) is 18.9. The van der Waals surface area contributed by atoms with Gasteiger partial charge in [0, 0.05) is 50.9 Å². The van der Waals surface area contributed by atoms with Gasteiger partial charge in [-0.15, -0.1) is 0 Å². The summed E-state index contributed by atoms with van der Waals surface area (Å²) in [6, 6.07) is 14.9. The number of benzene rings is 1. The van der Waals surface area contributed by atoms with Gasteiger partial charge in [-0.1, -0.05) is 0 Å². The van der Waals surface area contributed by atoms with Crippen molar-refractivity contribution in [3.05, 3.63) is 72.9 Å². The van der Waals surface area contributed by atoms with E-state index in [1.54, 1.807) is 23.2 Å². The summed E-state index contributed by atoms with van der Waals surface area (Å²) in [5.41, 5.74) is 1.81. The largest absolute Gasteiger partial charge is 0.490 e. The number of ether oxygens (including phenoxy) is 1. The molecule has 2 saturated heterocycles. The van der Waals surface area contributed by atoms with Crippen molar-refractivity contribution in [3.63, 3.8) is 0 Å². The van der Waals surface area contributed by atoms with E-state index in [0.29, 0.717) is 25.4 Å². The monoisotopic (exact) mass is 460 g/mol. The third kappa shape index (κ3) is 5.06. The van der Waals surface area contributed by atoms with Gasteiger partial charge in [0.05, 0.1) is 24.1 Å². The molecular formula is C26H28N4O4. The molecule has 34 heavy (non-hydrogen) atoms. The standard InChI is InChI=1S/C26H28N4O4/c31-25(19-9-13-30(18-19)21-3-1-12-27-17-21)28-20-5-7-22(8-6-20)34-23-10-14-29(15-11-23)26(32)24-4-2-16-33-24/h1-8,12,16-17,19,23H,9-11,13-15,18H2,(H,28,31)/t19-/m0/s1. The normalized spacial score (nSPS) is 18.6. The molecule has 2 aliphatic rings. The third-order valence-electron chi connectivity index (χ3n) is 6.46. The summed E-state index contributed by atoms with van der Waals surface area (Å²) in [6.07, 6.45) is 7.50. The molecule has 5 rings (SSSR count). The number of hydrogen-bond acceptors (Lipinski definition) is 6. The van der Waals surface area contributed by atoms with Crippen LogP contribution in [0.5, 0.6) is 5.75 Å². The molecule has 1 aromatic carbocycles. The van der Waals surface area contributed by atoms with Crippen LogP contribution in [-0.4, -0.2) is 54.0 Å². The molecular weight excluding hydrogens is 432 g/mol. The number of nitrogens with one attached hydrogen (secondary N) is 1. The molecule has 2 aromatic heterocycles. The van der Waals surface area contributed by atoms with Gasteiger partial charge in [0.2, 0.25) is 5.91 Å². The van der Waals surface area contributed by atoms with Crippen LogP contribution < -0.4 is 15.0 Å². The highest BCUT2D eigenvalue weighted by molar-refractivity contribution is 5.93. The Hall–Kier alpha value is -3.81. The van der Waals surface area contributed by atoms with Gasteiger partial charge in [0.25, 0.3) is 5.91 Å². The molecule has 0 radical (unpaired) electrons. The van der Waals surface area contributed by atoms with Crippen molar-refractivity contribution >= 4 is 23.2 Å². The summed E-state index contributed by atoms with van der Waals surface area (Å²) in [7, 11) is 0. The maximum Gasteiger partial charge on any atom is 0.289 e. The Morgan fingerprint density at radius 1 is 1.00 bits per heavy atom. The average molecular weight is 461 g/mol. The van der Waals surface area contributed by atoms with Gasteiger partial charge in [0.1, 0.15) is 11.9 Å². The van der Waals surface area contributed by atoms with Gasteiger partial charge >= 0.3 is 0 Å². The molecule has 8 nitrogen and oxygen atoms in total. The van der Waals surface area contributed by atoms with E-state index in [1.807, 2.05) is 42.6 Å². The number of furan rings is 1. The quantitative estimate of drug-likeness (QED) is 0.602. The predicted octanol–water partition coefficient (Wildman–Crippen LogP) is 3.82. The molecule has 4 heterocycles. The van der Waals surface area contributed by atoms with Crippen molar-refractivity contribution in [2.24, 2.45) is 5.92 Å². The number of carbonyl (C=O) groups is 2. The zero-order chi connectivity index (χ0) is 23.3. The number of piperidine rings is 1. The minimum absolute atomic E-state index is 0.0358. The Morgan fingerprint density at radius 3 is 2.53 bits per heavy atom. The highest BCUT2D eigenvalue weighted by atomic mass is 16.5. The van der Waals surface area contributed by atoms with Crippen LogP contribution in [0.15, 0.2) is 71.6 Å². The average Bonchev–Trinajstić information content (AvgIpc) is 3.59. The molecule has 0 saturated carbocycles. The van der Waals surface area contributed by atoms with E-state index >= 15 is 0 Å². The summed E-state index contributed by atoms with van der Waals surface area (Å²) >= 11 is 0. The first-order valence-electron chi connectivity index (χ1n) is 11.7. The Kier molecular flexibility index (Phi) is 6.46. The second kappa shape index (κ2) is 9.99. The van der Waals surface area contributed by atoms with Crippen molar-refractivity contribution in [1.82, 2.24) is 9.88 Å². The lowest BCUT2D eigenvalue weighted by Crippen LogP contribution is -2.41. The third-order valence-corrected chi connectivity index (χ3v) is 6.46. The number of hydrogen-bond donors (Lipinski definition) is 1. The first kappa shape index (κ1) is 22.0. The topological polar surface area (TPSA) is 87.9 Å². The summed E-state index contributed by atoms with van der Waals surface area (Å²) in [4.78, 5) is 33.3. The van der Waals surface area contributed by atoms with E-state index in [0.717, 1.165) is 42.9 Å². The van der Waals surface area contributed by atoms with E-state index in [4.69, 9.17) is 9.15 Å². The van der Waals surface area contributed by atoms with Crippen molar-refractivity contribution < 1.29 is 18.7 Å². The van der Waals surface area contributed by atoms with Crippen LogP contribution in [0.4, 0.5) is 11.4 Å². The van der Waals surface area contributed by atoms with Gasteiger partial charge in [-0.3, -0.25) is 14.6 Å². The Balaban J connectivity index is 1.08. The molecule has 1 N–H and O–H groups in total. The van der Waals surface area contributed by atoms with Crippen LogP contribution in [0.2, 0.25) is 0 Å². The fraction of sp³-hybridized carbons (Fsp3) is 0.346. The first-order valence-corrected chi connectivity index (χ1v) is 11.7. The van der Waals surface area contributed by atoms with Gasteiger partial charge < -0.3 is 24.3 Å². The summed E-state index contributed by atoms with van der Waals surface area (Å²) < 4.78 is 11.3. The summed E-state index contributed by atoms with van der Waals surface area (Å²) in [6.45, 7) is 2.81. The smallest absolute Gasteiger partial charge is 0.289 e. The van der Waals surface area contributed by atoms with Crippen LogP contribution in [0.3, 0.4) is 0 Å². The molecule has 0 bridgehead atoms. The molecule has 2 fully saturated rings. The fourth-order valence-electron chi connectivity index (χ4n) is 4.54. The number of nitrogens with zero attached hydrogens (tertiary/aromatic N) is 3. The molecule has 2 aliphatic heterocycles. The number of pyridine rings is 1. The maximum atomic E-state index is 12.7. The SMILES string of the molecule is O=C(Nc1ccc(OC2CCN(C(=O)c3ccco3)CC2)cc1)[C@H]1CCN(c2cccnc2)C1. The number of anilines is 2. The molecule has 0 unspecified atom stereocenters. The van der Waals surface area contributed by atoms with Crippen LogP contribution in [0.25, 0.3) is 0 Å². The number of likely N-dealkylation sites (tertiary alicyclic amines) is 1. The van der Waals surface area contributed by atoms with Crippen molar-refractivity contribution in [2.45, 2.75) is 25.4 Å². The second-order valence-electron chi connectivity index (χ2n) is 8.74. The van der Waals surface area contributed by atoms with Crippen LogP contribution in [-0.2, 0) is 4.79 Å². The predicted molar refractivity (Wildman–Crippen MR) is 128 cm³/mol. The lowest BCUT2D eigenvalue weighted by atomic mass is 10.1. The van der Waals surface area contributed by atoms with Crippen molar-refractivity contribution in [1.29, 1.82) is 0 Å². The second-order valence-corrected chi connectivity index (χ2v) is 8.74. The maximum absolute atomic E-state index is 12.7. The highest BCUT2D eigenvalue weighted by Gasteiger charge is 2.29. The molecule has 176 valence electrons. The molecule has 3 aromatic rings. The first-order chi connectivity index (χ1) is 16.7. The fourth-order valence-corrected chi connectivity index (χ4v) is 4.54. The number of carbonyl (C=O) groups excluding carboxylic acids is 2. The molecule has 1 atom stereocenters. The van der Waals surface area contributed by atoms with Crippen LogP contribution >= 0.6 is 0 Å². The molecule has 8 heteroatoms. The number of aromatic nitrogens is 1. The van der Waals surface area contributed by atoms with E-state index in [2.05, 4.69) is 15.2 Å². The highest BCUT2D eigenvalue weighted by Crippen LogP contribution is 2.25. The van der Waals surface area contributed by atoms with E-state index in [-0.39, 0.29) is 23.8 Å². The van der Waals surface area contributed by atoms with Crippen LogP contribution in [0.1, 0.15) is 29.8 Å². The lowest BCUT2D eigenvalue weighted by molar-refractivity contribution is -0.119. The molecule has 0 spiro atoms. The van der Waals surface area contributed by atoms with E-state index in [1.165, 1.54) is 6.26 Å². The Morgan fingerprint density at radius 2 is 1.82 bits per heavy atom. The van der Waals surface area contributed by atoms with Gasteiger partial charge in [-0.2, -0.15) is 0 Å². The minimum atomic E-state index is -0.0747. The van der Waals surface area contributed by atoms with Gasteiger partial charge in [0.15, 0.2) is 5.76 Å². The lowest BCUT2D eigenvalue weighted by Gasteiger charge is -2.31. The summed E-state index contributed by atoms with van der Waals surface area (Å²) in [5.74, 6) is 1.05. The van der Waals surface area contributed by atoms with Crippen molar-refractivity contribution in [2.75, 3.05) is 36.4 Å². The van der Waals surface area contributed by atoms with Gasteiger partial charge in [-0.25, -0.2) is 0 Å². The van der Waals surface area contributed by atoms with Crippen LogP contribution in [0, 0.1) is 5.92 Å². The Labute approximate surface area is 198 Å². The van der Waals surface area contributed by atoms with Gasteiger partial charge in [-0.05, 0) is 55.0 Å². The number of rotatable bonds is 6.